The quantitative estimate of drug-likeness (QED) is 0.478. The van der Waals surface area contributed by atoms with Gasteiger partial charge in [-0.3, -0.25) is 0 Å². The van der Waals surface area contributed by atoms with Crippen molar-refractivity contribution >= 4 is 38.6 Å². The molecule has 2 aliphatic rings. The third-order valence-electron chi connectivity index (χ3n) is 6.01. The van der Waals surface area contributed by atoms with Crippen LogP contribution in [0.1, 0.15) is 6.42 Å². The largest absolute Gasteiger partial charge is 0.383 e. The van der Waals surface area contributed by atoms with Crippen LogP contribution >= 0.6 is 15.9 Å². The zero-order chi connectivity index (χ0) is 20.9. The highest BCUT2D eigenvalue weighted by molar-refractivity contribution is 9.10. The summed E-state index contributed by atoms with van der Waals surface area (Å²) in [4.78, 5) is 20.4. The van der Waals surface area contributed by atoms with Crippen LogP contribution in [0.2, 0.25) is 0 Å². The number of benzene rings is 1. The molecule has 6 rings (SSSR count). The van der Waals surface area contributed by atoms with Crippen LogP contribution in [0.15, 0.2) is 59.5 Å². The first kappa shape index (κ1) is 18.7. The van der Waals surface area contributed by atoms with Crippen molar-refractivity contribution < 1.29 is 4.74 Å². The summed E-state index contributed by atoms with van der Waals surface area (Å²) >= 11 is 3.56. The van der Waals surface area contributed by atoms with E-state index in [0.717, 1.165) is 57.6 Å². The zero-order valence-electron chi connectivity index (χ0n) is 16.6. The Morgan fingerprint density at radius 3 is 2.74 bits per heavy atom. The number of hydrogen-bond acceptors (Lipinski definition) is 7. The lowest BCUT2D eigenvalue weighted by atomic mass is 10.0. The van der Waals surface area contributed by atoms with E-state index < -0.39 is 0 Å². The van der Waals surface area contributed by atoms with Crippen molar-refractivity contribution in [2.24, 2.45) is 0 Å². The second kappa shape index (κ2) is 7.25. The Labute approximate surface area is 187 Å². The number of morpholine rings is 1. The van der Waals surface area contributed by atoms with Crippen LogP contribution in [0.3, 0.4) is 0 Å². The average molecular weight is 475 g/mol. The third-order valence-corrected chi connectivity index (χ3v) is 6.50. The fourth-order valence-electron chi connectivity index (χ4n) is 4.51. The molecule has 8 heteroatoms. The molecule has 4 aromatic rings. The number of ether oxygens (including phenoxy) is 1. The molecule has 0 spiro atoms. The fourth-order valence-corrected chi connectivity index (χ4v) is 4.91. The summed E-state index contributed by atoms with van der Waals surface area (Å²) < 4.78 is 6.69. The highest BCUT2D eigenvalue weighted by Crippen LogP contribution is 2.36. The van der Waals surface area contributed by atoms with Crippen molar-refractivity contribution in [3.8, 4) is 22.4 Å². The number of halogens is 1. The molecule has 2 atom stereocenters. The molecule has 154 valence electrons. The Morgan fingerprint density at radius 2 is 2.00 bits per heavy atom. The number of fused-ring (bicyclic) bond motifs is 3. The van der Waals surface area contributed by atoms with Gasteiger partial charge in [0.1, 0.15) is 18.0 Å². The van der Waals surface area contributed by atoms with Gasteiger partial charge >= 0.3 is 0 Å². The lowest BCUT2D eigenvalue weighted by Crippen LogP contribution is -2.37. The standard InChI is InChI=1S/C23H19BrN6O/c24-15-3-1-2-13(6-15)18-8-19(29-23-21(18)22(25)27-12-28-23)14-4-5-20(26-9-14)30-10-17-7-16(30)11-31-17/h1-6,8-9,12,16-17H,7,10-11H2,(H2,25,27,28,29)/t16-,17-/m0/s1. The van der Waals surface area contributed by atoms with E-state index in [0.29, 0.717) is 23.6 Å². The lowest BCUT2D eigenvalue weighted by molar-refractivity contribution is 0.0989. The molecule has 2 saturated heterocycles. The Morgan fingerprint density at radius 1 is 1.06 bits per heavy atom. The number of nitrogens with two attached hydrogens (primary N) is 1. The molecule has 7 nitrogen and oxygen atoms in total. The van der Waals surface area contributed by atoms with Crippen molar-refractivity contribution in [1.82, 2.24) is 19.9 Å². The predicted molar refractivity (Wildman–Crippen MR) is 124 cm³/mol. The molecule has 2 fully saturated rings. The van der Waals surface area contributed by atoms with Gasteiger partial charge < -0.3 is 15.4 Å². The topological polar surface area (TPSA) is 90.0 Å². The van der Waals surface area contributed by atoms with Gasteiger partial charge in [0.15, 0.2) is 5.65 Å². The maximum Gasteiger partial charge on any atom is 0.165 e. The molecule has 3 aromatic heterocycles. The van der Waals surface area contributed by atoms with Gasteiger partial charge in [0.25, 0.3) is 0 Å². The van der Waals surface area contributed by atoms with Gasteiger partial charge in [0.2, 0.25) is 0 Å². The van der Waals surface area contributed by atoms with E-state index in [9.17, 15) is 0 Å². The van der Waals surface area contributed by atoms with Crippen LogP contribution in [0.4, 0.5) is 11.6 Å². The molecule has 0 amide bonds. The van der Waals surface area contributed by atoms with E-state index >= 15 is 0 Å². The monoisotopic (exact) mass is 474 g/mol. The van der Waals surface area contributed by atoms with Crippen LogP contribution in [-0.4, -0.2) is 45.2 Å². The maximum atomic E-state index is 6.21. The van der Waals surface area contributed by atoms with Crippen molar-refractivity contribution in [3.05, 3.63) is 59.5 Å². The smallest absolute Gasteiger partial charge is 0.165 e. The Hall–Kier alpha value is -3.10. The van der Waals surface area contributed by atoms with E-state index in [4.69, 9.17) is 20.4 Å². The van der Waals surface area contributed by atoms with Crippen LogP contribution < -0.4 is 10.6 Å². The average Bonchev–Trinajstić information content (AvgIpc) is 3.43. The number of pyridine rings is 2. The van der Waals surface area contributed by atoms with E-state index in [-0.39, 0.29) is 0 Å². The molecule has 0 radical (unpaired) electrons. The normalized spacial score (nSPS) is 20.0. The number of nitrogen functional groups attached to an aromatic ring is 1. The summed E-state index contributed by atoms with van der Waals surface area (Å²) in [6.45, 7) is 1.70. The van der Waals surface area contributed by atoms with Crippen LogP contribution in [-0.2, 0) is 4.74 Å². The first-order chi connectivity index (χ1) is 15.2. The van der Waals surface area contributed by atoms with Gasteiger partial charge in [-0.2, -0.15) is 0 Å². The highest BCUT2D eigenvalue weighted by atomic mass is 79.9. The molecular formula is C23H19BrN6O. The third kappa shape index (κ3) is 3.23. The van der Waals surface area contributed by atoms with Gasteiger partial charge in [-0.1, -0.05) is 28.1 Å². The summed E-state index contributed by atoms with van der Waals surface area (Å²) in [7, 11) is 0. The first-order valence-electron chi connectivity index (χ1n) is 10.2. The number of aromatic nitrogens is 4. The van der Waals surface area contributed by atoms with Crippen LogP contribution in [0.5, 0.6) is 0 Å². The minimum absolute atomic E-state index is 0.339. The molecule has 0 saturated carbocycles. The summed E-state index contributed by atoms with van der Waals surface area (Å²) in [5.41, 5.74) is 10.5. The maximum absolute atomic E-state index is 6.21. The van der Waals surface area contributed by atoms with Crippen molar-refractivity contribution in [1.29, 1.82) is 0 Å². The van der Waals surface area contributed by atoms with Crippen LogP contribution in [0, 0.1) is 0 Å². The summed E-state index contributed by atoms with van der Waals surface area (Å²) in [6, 6.07) is 14.7. The van der Waals surface area contributed by atoms with Crippen molar-refractivity contribution in [2.45, 2.75) is 18.6 Å². The van der Waals surface area contributed by atoms with Crippen molar-refractivity contribution in [2.75, 3.05) is 23.8 Å². The van der Waals surface area contributed by atoms with Gasteiger partial charge in [-0.05, 0) is 47.9 Å². The Kier molecular flexibility index (Phi) is 4.36. The molecule has 5 heterocycles. The highest BCUT2D eigenvalue weighted by Gasteiger charge is 2.39. The van der Waals surface area contributed by atoms with E-state index in [1.54, 1.807) is 0 Å². The number of nitrogens with zero attached hydrogens (tertiary/aromatic N) is 5. The van der Waals surface area contributed by atoms with E-state index in [1.807, 2.05) is 30.5 Å². The molecule has 1 aromatic carbocycles. The van der Waals surface area contributed by atoms with Gasteiger partial charge in [0, 0.05) is 22.8 Å². The zero-order valence-corrected chi connectivity index (χ0v) is 18.2. The molecular weight excluding hydrogens is 456 g/mol. The van der Waals surface area contributed by atoms with Crippen molar-refractivity contribution in [3.63, 3.8) is 0 Å². The number of rotatable bonds is 3. The first-order valence-corrected chi connectivity index (χ1v) is 11.0. The van der Waals surface area contributed by atoms with Crippen LogP contribution in [0.25, 0.3) is 33.4 Å². The second-order valence-corrected chi connectivity index (χ2v) is 8.84. The predicted octanol–water partition coefficient (Wildman–Crippen LogP) is 4.08. The van der Waals surface area contributed by atoms with E-state index in [2.05, 4.69) is 49.0 Å². The fraction of sp³-hybridized carbons (Fsp3) is 0.217. The Balaban J connectivity index is 1.44. The number of hydrogen-bond donors (Lipinski definition) is 1. The molecule has 2 N–H and O–H groups in total. The van der Waals surface area contributed by atoms with Gasteiger partial charge in [-0.15, -0.1) is 0 Å². The molecule has 0 unspecified atom stereocenters. The minimum Gasteiger partial charge on any atom is -0.383 e. The summed E-state index contributed by atoms with van der Waals surface area (Å²) in [6.07, 6.45) is 4.76. The van der Waals surface area contributed by atoms with E-state index in [1.165, 1.54) is 6.33 Å². The molecule has 2 bridgehead atoms. The second-order valence-electron chi connectivity index (χ2n) is 7.93. The summed E-state index contributed by atoms with van der Waals surface area (Å²) in [5, 5.41) is 0.752. The molecule has 2 aliphatic heterocycles. The van der Waals surface area contributed by atoms with Gasteiger partial charge in [0.05, 0.1) is 29.8 Å². The molecule has 31 heavy (non-hydrogen) atoms. The minimum atomic E-state index is 0.339. The number of anilines is 2. The molecule has 0 aliphatic carbocycles. The Bertz CT molecular complexity index is 1300. The van der Waals surface area contributed by atoms with Gasteiger partial charge in [-0.25, -0.2) is 19.9 Å². The summed E-state index contributed by atoms with van der Waals surface area (Å²) in [5.74, 6) is 1.40. The lowest BCUT2D eigenvalue weighted by Gasteiger charge is -2.27. The SMILES string of the molecule is Nc1ncnc2nc(-c3ccc(N4C[C@@H]5C[C@H]4CO5)nc3)cc(-c3cccc(Br)c3)c12.